The van der Waals surface area contributed by atoms with E-state index >= 15 is 0 Å². The number of fused-ring (bicyclic) bond motifs is 1. The first-order chi connectivity index (χ1) is 17.2. The molecule has 0 aliphatic rings. The number of aromatic nitrogens is 4. The maximum atomic E-state index is 12.9. The minimum atomic E-state index is -0.623. The summed E-state index contributed by atoms with van der Waals surface area (Å²) in [5, 5.41) is 5.36. The summed E-state index contributed by atoms with van der Waals surface area (Å²) in [4.78, 5) is 43.7. The lowest BCUT2D eigenvalue weighted by Gasteiger charge is -2.26. The van der Waals surface area contributed by atoms with E-state index in [4.69, 9.17) is 4.74 Å². The van der Waals surface area contributed by atoms with Gasteiger partial charge in [0.1, 0.15) is 17.1 Å². The zero-order valence-electron chi connectivity index (χ0n) is 20.9. The number of amides is 2. The van der Waals surface area contributed by atoms with Gasteiger partial charge in [0, 0.05) is 24.5 Å². The monoisotopic (exact) mass is 506 g/mol. The number of pyridine rings is 1. The molecule has 36 heavy (non-hydrogen) atoms. The van der Waals surface area contributed by atoms with E-state index in [9.17, 15) is 9.59 Å². The van der Waals surface area contributed by atoms with Crippen LogP contribution < -0.4 is 5.32 Å². The number of hydrogen-bond acceptors (Lipinski definition) is 7. The average molecular weight is 507 g/mol. The molecule has 2 amide bonds. The summed E-state index contributed by atoms with van der Waals surface area (Å²) in [5.74, 6) is 0.417. The van der Waals surface area contributed by atoms with Crippen LogP contribution in [0.2, 0.25) is 0 Å². The Balaban J connectivity index is 1.40. The highest BCUT2D eigenvalue weighted by atomic mass is 32.1. The predicted molar refractivity (Wildman–Crippen MR) is 139 cm³/mol. The number of nitrogens with zero attached hydrogens (tertiary/aromatic N) is 4. The van der Waals surface area contributed by atoms with Gasteiger partial charge in [0.25, 0.3) is 5.91 Å². The van der Waals surface area contributed by atoms with Crippen molar-refractivity contribution < 1.29 is 14.3 Å². The lowest BCUT2D eigenvalue weighted by Crippen LogP contribution is -2.38. The van der Waals surface area contributed by atoms with Crippen molar-refractivity contribution in [3.63, 3.8) is 0 Å². The molecule has 4 aromatic rings. The first kappa shape index (κ1) is 25.3. The Kier molecular flexibility index (Phi) is 7.64. The van der Waals surface area contributed by atoms with Gasteiger partial charge in [-0.15, -0.1) is 11.3 Å². The molecule has 0 unspecified atom stereocenters. The van der Waals surface area contributed by atoms with Crippen LogP contribution in [0.4, 0.5) is 4.79 Å². The second kappa shape index (κ2) is 10.9. The van der Waals surface area contributed by atoms with Crippen LogP contribution in [-0.2, 0) is 24.2 Å². The molecule has 0 saturated heterocycles. The van der Waals surface area contributed by atoms with Gasteiger partial charge in [-0.2, -0.15) is 0 Å². The van der Waals surface area contributed by atoms with Gasteiger partial charge in [-0.05, 0) is 51.5 Å². The Hall–Kier alpha value is -3.79. The molecule has 3 heterocycles. The fourth-order valence-electron chi connectivity index (χ4n) is 3.54. The van der Waals surface area contributed by atoms with Crippen LogP contribution in [0.15, 0.2) is 48.0 Å². The molecular formula is C26H30N6O3S. The van der Waals surface area contributed by atoms with E-state index in [1.807, 2.05) is 64.1 Å². The minimum absolute atomic E-state index is 0.256. The molecule has 0 saturated carbocycles. The number of imidazole rings is 1. The van der Waals surface area contributed by atoms with Crippen molar-refractivity contribution in [1.82, 2.24) is 30.2 Å². The molecule has 0 atom stereocenters. The van der Waals surface area contributed by atoms with Crippen LogP contribution in [0.5, 0.6) is 0 Å². The SMILES string of the molecule is Cc1cccnc1CNC(=O)c1csc(CCN(Cc2nc3ccccc3[nH]2)C(=O)OC(C)(C)C)n1. The third-order valence-electron chi connectivity index (χ3n) is 5.34. The zero-order valence-corrected chi connectivity index (χ0v) is 21.7. The van der Waals surface area contributed by atoms with Crippen molar-refractivity contribution in [2.45, 2.75) is 52.8 Å². The highest BCUT2D eigenvalue weighted by molar-refractivity contribution is 7.09. The second-order valence-electron chi connectivity index (χ2n) is 9.43. The second-order valence-corrected chi connectivity index (χ2v) is 10.4. The zero-order chi connectivity index (χ0) is 25.7. The summed E-state index contributed by atoms with van der Waals surface area (Å²) in [6.45, 7) is 8.44. The molecule has 0 spiro atoms. The standard InChI is InChI=1S/C26H30N6O3S/c1-17-8-7-12-27-20(17)14-28-24(33)21-16-36-23(31-21)11-13-32(25(34)35-26(2,3)4)15-22-29-18-9-5-6-10-19(18)30-22/h5-10,12,16H,11,13-15H2,1-4H3,(H,28,33)(H,29,30). The third-order valence-corrected chi connectivity index (χ3v) is 6.25. The molecule has 0 bridgehead atoms. The summed E-state index contributed by atoms with van der Waals surface area (Å²) < 4.78 is 5.62. The summed E-state index contributed by atoms with van der Waals surface area (Å²) in [6, 6.07) is 11.5. The molecule has 4 rings (SSSR count). The van der Waals surface area contributed by atoms with E-state index in [-0.39, 0.29) is 12.5 Å². The first-order valence-electron chi connectivity index (χ1n) is 11.7. The summed E-state index contributed by atoms with van der Waals surface area (Å²) in [7, 11) is 0. The van der Waals surface area contributed by atoms with Crippen molar-refractivity contribution in [3.05, 3.63) is 75.8 Å². The molecule has 10 heteroatoms. The van der Waals surface area contributed by atoms with Gasteiger partial charge in [-0.1, -0.05) is 18.2 Å². The van der Waals surface area contributed by atoms with Crippen LogP contribution in [-0.4, -0.2) is 49.0 Å². The van der Waals surface area contributed by atoms with Gasteiger partial charge in [-0.25, -0.2) is 14.8 Å². The number of ether oxygens (including phenoxy) is 1. The van der Waals surface area contributed by atoms with Crippen LogP contribution in [0.1, 0.15) is 53.3 Å². The molecule has 2 N–H and O–H groups in total. The topological polar surface area (TPSA) is 113 Å². The highest BCUT2D eigenvalue weighted by Gasteiger charge is 2.24. The molecule has 0 aliphatic carbocycles. The van der Waals surface area contributed by atoms with E-state index < -0.39 is 11.7 Å². The molecular weight excluding hydrogens is 476 g/mol. The van der Waals surface area contributed by atoms with E-state index in [0.29, 0.717) is 31.0 Å². The number of aromatic amines is 1. The lowest BCUT2D eigenvalue weighted by molar-refractivity contribution is 0.0231. The minimum Gasteiger partial charge on any atom is -0.444 e. The van der Waals surface area contributed by atoms with Crippen LogP contribution >= 0.6 is 11.3 Å². The van der Waals surface area contributed by atoms with E-state index in [0.717, 1.165) is 27.3 Å². The van der Waals surface area contributed by atoms with Crippen molar-refractivity contribution in [2.75, 3.05) is 6.54 Å². The number of rotatable bonds is 8. The smallest absolute Gasteiger partial charge is 0.410 e. The summed E-state index contributed by atoms with van der Waals surface area (Å²) in [5.41, 5.74) is 3.32. The fraction of sp³-hybridized carbons (Fsp3) is 0.346. The summed E-state index contributed by atoms with van der Waals surface area (Å²) >= 11 is 1.39. The molecule has 3 aromatic heterocycles. The van der Waals surface area contributed by atoms with E-state index in [1.165, 1.54) is 11.3 Å². The maximum Gasteiger partial charge on any atom is 0.410 e. The van der Waals surface area contributed by atoms with Gasteiger partial charge < -0.3 is 19.9 Å². The molecule has 9 nitrogen and oxygen atoms in total. The Labute approximate surface area is 213 Å². The number of thiazole rings is 1. The number of benzene rings is 1. The number of para-hydroxylation sites is 2. The normalized spacial score (nSPS) is 11.4. The summed E-state index contributed by atoms with van der Waals surface area (Å²) in [6.07, 6.45) is 1.76. The van der Waals surface area contributed by atoms with Gasteiger partial charge in [-0.3, -0.25) is 9.78 Å². The molecule has 0 aliphatic heterocycles. The molecule has 0 radical (unpaired) electrons. The Bertz CT molecular complexity index is 1320. The average Bonchev–Trinajstić information content (AvgIpc) is 3.46. The quantitative estimate of drug-likeness (QED) is 0.360. The number of carbonyl (C=O) groups is 2. The number of carbonyl (C=O) groups excluding carboxylic acids is 2. The van der Waals surface area contributed by atoms with E-state index in [1.54, 1.807) is 16.5 Å². The van der Waals surface area contributed by atoms with Crippen molar-refractivity contribution >= 4 is 34.4 Å². The Morgan fingerprint density at radius 1 is 1.14 bits per heavy atom. The largest absolute Gasteiger partial charge is 0.444 e. The number of hydrogen-bond donors (Lipinski definition) is 2. The highest BCUT2D eigenvalue weighted by Crippen LogP contribution is 2.17. The van der Waals surface area contributed by atoms with Gasteiger partial charge in [0.05, 0.1) is 34.8 Å². The lowest BCUT2D eigenvalue weighted by atomic mass is 10.2. The van der Waals surface area contributed by atoms with Crippen molar-refractivity contribution in [3.8, 4) is 0 Å². The fourth-order valence-corrected chi connectivity index (χ4v) is 4.31. The van der Waals surface area contributed by atoms with Crippen molar-refractivity contribution in [1.29, 1.82) is 0 Å². The maximum absolute atomic E-state index is 12.9. The number of H-pyrrole nitrogens is 1. The number of aryl methyl sites for hydroxylation is 1. The molecule has 1 aromatic carbocycles. The Morgan fingerprint density at radius 3 is 2.69 bits per heavy atom. The molecule has 0 fully saturated rings. The van der Waals surface area contributed by atoms with Gasteiger partial charge in [0.15, 0.2) is 0 Å². The van der Waals surface area contributed by atoms with Crippen LogP contribution in [0.25, 0.3) is 11.0 Å². The predicted octanol–water partition coefficient (Wildman–Crippen LogP) is 4.63. The third kappa shape index (κ3) is 6.66. The van der Waals surface area contributed by atoms with Crippen molar-refractivity contribution in [2.24, 2.45) is 0 Å². The van der Waals surface area contributed by atoms with Gasteiger partial charge >= 0.3 is 6.09 Å². The first-order valence-corrected chi connectivity index (χ1v) is 12.6. The van der Waals surface area contributed by atoms with Crippen LogP contribution in [0, 0.1) is 6.92 Å². The van der Waals surface area contributed by atoms with Crippen LogP contribution in [0.3, 0.4) is 0 Å². The van der Waals surface area contributed by atoms with Gasteiger partial charge in [0.2, 0.25) is 0 Å². The van der Waals surface area contributed by atoms with E-state index in [2.05, 4.69) is 25.3 Å². The number of nitrogens with one attached hydrogen (secondary N) is 2. The molecule has 188 valence electrons. The Morgan fingerprint density at radius 2 is 1.94 bits per heavy atom.